The number of phenolic OH excluding ortho intramolecular Hbond substituents is 1. The van der Waals surface area contributed by atoms with Crippen LogP contribution in [0, 0.1) is 0 Å². The third-order valence-corrected chi connectivity index (χ3v) is 4.28. The number of nitrogens with zero attached hydrogens (tertiary/aromatic N) is 2. The number of amides is 1. The Kier molecular flexibility index (Phi) is 4.25. The summed E-state index contributed by atoms with van der Waals surface area (Å²) in [5.41, 5.74) is 2.66. The number of hydrogen-bond acceptors (Lipinski definition) is 4. The van der Waals surface area contributed by atoms with Crippen molar-refractivity contribution in [2.75, 3.05) is 5.32 Å². The van der Waals surface area contributed by atoms with Crippen LogP contribution in [0.15, 0.2) is 73.1 Å². The number of rotatable bonds is 4. The van der Waals surface area contributed by atoms with Crippen molar-refractivity contribution in [3.05, 3.63) is 84.2 Å². The van der Waals surface area contributed by atoms with Gasteiger partial charge in [0.1, 0.15) is 11.4 Å². The van der Waals surface area contributed by atoms with E-state index in [4.69, 9.17) is 5.11 Å². The number of carbonyl (C=O) groups is 2. The maximum Gasteiger partial charge on any atom is 0.335 e. The Morgan fingerprint density at radius 2 is 1.75 bits per heavy atom. The Balaban J connectivity index is 1.63. The summed E-state index contributed by atoms with van der Waals surface area (Å²) in [7, 11) is 0. The number of imidazole rings is 1. The first kappa shape index (κ1) is 17.3. The van der Waals surface area contributed by atoms with Crippen molar-refractivity contribution in [3.63, 3.8) is 0 Å². The minimum absolute atomic E-state index is 0.0260. The highest BCUT2D eigenvalue weighted by molar-refractivity contribution is 6.06. The van der Waals surface area contributed by atoms with Gasteiger partial charge in [-0.15, -0.1) is 0 Å². The topological polar surface area (TPSA) is 104 Å². The lowest BCUT2D eigenvalue weighted by atomic mass is 10.1. The van der Waals surface area contributed by atoms with Crippen molar-refractivity contribution in [1.82, 2.24) is 9.38 Å². The lowest BCUT2D eigenvalue weighted by Crippen LogP contribution is -2.13. The summed E-state index contributed by atoms with van der Waals surface area (Å²) in [6.07, 6.45) is 3.59. The molecule has 3 N–H and O–H groups in total. The molecule has 0 aliphatic heterocycles. The molecule has 2 aromatic heterocycles. The van der Waals surface area contributed by atoms with Crippen LogP contribution in [0.1, 0.15) is 20.7 Å². The maximum absolute atomic E-state index is 12.6. The average Bonchev–Trinajstić information content (AvgIpc) is 3.13. The molecular formula is C21H15N3O4. The Morgan fingerprint density at radius 3 is 2.50 bits per heavy atom. The van der Waals surface area contributed by atoms with Crippen LogP contribution in [-0.2, 0) is 0 Å². The van der Waals surface area contributed by atoms with Gasteiger partial charge in [-0.05, 0) is 30.3 Å². The molecule has 7 heteroatoms. The number of carbonyl (C=O) groups excluding carboxylic acids is 1. The number of phenols is 1. The molecule has 4 aromatic rings. The first-order valence-electron chi connectivity index (χ1n) is 8.43. The molecule has 7 nitrogen and oxygen atoms in total. The molecule has 0 fully saturated rings. The van der Waals surface area contributed by atoms with Crippen LogP contribution >= 0.6 is 0 Å². The molecule has 0 radical (unpaired) electrons. The number of carboxylic acids is 1. The van der Waals surface area contributed by atoms with Crippen LogP contribution < -0.4 is 5.32 Å². The number of aromatic nitrogens is 2. The van der Waals surface area contributed by atoms with Crippen molar-refractivity contribution >= 4 is 23.2 Å². The van der Waals surface area contributed by atoms with E-state index in [1.807, 2.05) is 40.9 Å². The first-order valence-corrected chi connectivity index (χ1v) is 8.43. The summed E-state index contributed by atoms with van der Waals surface area (Å²) in [6, 6.07) is 16.6. The van der Waals surface area contributed by atoms with Crippen LogP contribution in [0.25, 0.3) is 16.9 Å². The Labute approximate surface area is 159 Å². The van der Waals surface area contributed by atoms with Gasteiger partial charge >= 0.3 is 5.97 Å². The molecule has 0 atom stereocenters. The number of nitrogens with one attached hydrogen (secondary N) is 1. The molecule has 0 bridgehead atoms. The SMILES string of the molecule is O=C(O)c1ccc(O)c(NC(=O)c2ccn3cc(-c4ccccc4)nc3c2)c1. The van der Waals surface area contributed by atoms with Gasteiger partial charge in [0.2, 0.25) is 0 Å². The fraction of sp³-hybridized carbons (Fsp3) is 0. The van der Waals surface area contributed by atoms with Crippen molar-refractivity contribution < 1.29 is 19.8 Å². The molecule has 2 aromatic carbocycles. The molecule has 1 amide bonds. The van der Waals surface area contributed by atoms with E-state index < -0.39 is 11.9 Å². The Hall–Kier alpha value is -4.13. The summed E-state index contributed by atoms with van der Waals surface area (Å²) in [6.45, 7) is 0. The molecule has 0 aliphatic rings. The number of aromatic carboxylic acids is 1. The predicted octanol–water partition coefficient (Wildman–Crippen LogP) is 3.66. The van der Waals surface area contributed by atoms with Gasteiger partial charge in [0.05, 0.1) is 16.9 Å². The Bertz CT molecular complexity index is 1200. The van der Waals surface area contributed by atoms with E-state index in [-0.39, 0.29) is 17.0 Å². The number of fused-ring (bicyclic) bond motifs is 1. The van der Waals surface area contributed by atoms with Gasteiger partial charge in [-0.2, -0.15) is 0 Å². The second-order valence-electron chi connectivity index (χ2n) is 6.16. The van der Waals surface area contributed by atoms with E-state index in [2.05, 4.69) is 10.3 Å². The monoisotopic (exact) mass is 373 g/mol. The van der Waals surface area contributed by atoms with Crippen LogP contribution in [0.4, 0.5) is 5.69 Å². The third kappa shape index (κ3) is 3.28. The van der Waals surface area contributed by atoms with Crippen molar-refractivity contribution in [2.45, 2.75) is 0 Å². The smallest absolute Gasteiger partial charge is 0.335 e. The molecule has 138 valence electrons. The number of pyridine rings is 1. The maximum atomic E-state index is 12.6. The van der Waals surface area contributed by atoms with Crippen LogP contribution in [0.2, 0.25) is 0 Å². The number of aromatic hydroxyl groups is 1. The minimum Gasteiger partial charge on any atom is -0.506 e. The zero-order chi connectivity index (χ0) is 19.7. The molecule has 2 heterocycles. The second kappa shape index (κ2) is 6.88. The lowest BCUT2D eigenvalue weighted by Gasteiger charge is -2.08. The highest BCUT2D eigenvalue weighted by atomic mass is 16.4. The van der Waals surface area contributed by atoms with Gasteiger partial charge in [0, 0.05) is 23.5 Å². The fourth-order valence-electron chi connectivity index (χ4n) is 2.83. The molecule has 4 rings (SSSR count). The van der Waals surface area contributed by atoms with E-state index in [1.54, 1.807) is 18.3 Å². The molecule has 28 heavy (non-hydrogen) atoms. The molecule has 0 aliphatic carbocycles. The number of hydrogen-bond donors (Lipinski definition) is 3. The molecule has 0 unspecified atom stereocenters. The lowest BCUT2D eigenvalue weighted by molar-refractivity contribution is 0.0696. The number of carboxylic acid groups (broad SMARTS) is 1. The molecule has 0 saturated heterocycles. The quantitative estimate of drug-likeness (QED) is 0.474. The summed E-state index contributed by atoms with van der Waals surface area (Å²) in [4.78, 5) is 28.2. The molecule has 0 spiro atoms. The Morgan fingerprint density at radius 1 is 0.964 bits per heavy atom. The van der Waals surface area contributed by atoms with Gasteiger partial charge < -0.3 is 19.9 Å². The number of anilines is 1. The van der Waals surface area contributed by atoms with Gasteiger partial charge in [-0.3, -0.25) is 4.79 Å². The molecular weight excluding hydrogens is 358 g/mol. The minimum atomic E-state index is -1.15. The van der Waals surface area contributed by atoms with Crippen LogP contribution in [0.5, 0.6) is 5.75 Å². The highest BCUT2D eigenvalue weighted by Crippen LogP contribution is 2.25. The van der Waals surface area contributed by atoms with E-state index in [9.17, 15) is 14.7 Å². The van der Waals surface area contributed by atoms with E-state index in [0.29, 0.717) is 11.2 Å². The van der Waals surface area contributed by atoms with E-state index in [1.165, 1.54) is 18.2 Å². The number of benzene rings is 2. The summed E-state index contributed by atoms with van der Waals surface area (Å²) < 4.78 is 1.81. The van der Waals surface area contributed by atoms with E-state index >= 15 is 0 Å². The zero-order valence-corrected chi connectivity index (χ0v) is 14.5. The summed E-state index contributed by atoms with van der Waals surface area (Å²) in [5, 5.41) is 21.5. The van der Waals surface area contributed by atoms with E-state index in [0.717, 1.165) is 11.3 Å². The first-order chi connectivity index (χ1) is 13.5. The highest BCUT2D eigenvalue weighted by Gasteiger charge is 2.13. The van der Waals surface area contributed by atoms with Crippen LogP contribution in [0.3, 0.4) is 0 Å². The van der Waals surface area contributed by atoms with Gasteiger partial charge in [0.25, 0.3) is 5.91 Å². The summed E-state index contributed by atoms with van der Waals surface area (Å²) in [5.74, 6) is -1.85. The second-order valence-corrected chi connectivity index (χ2v) is 6.16. The van der Waals surface area contributed by atoms with Gasteiger partial charge in [-0.1, -0.05) is 30.3 Å². The zero-order valence-electron chi connectivity index (χ0n) is 14.5. The normalized spacial score (nSPS) is 10.7. The van der Waals surface area contributed by atoms with Crippen molar-refractivity contribution in [2.24, 2.45) is 0 Å². The fourth-order valence-corrected chi connectivity index (χ4v) is 2.83. The average molecular weight is 373 g/mol. The van der Waals surface area contributed by atoms with Crippen LogP contribution in [-0.4, -0.2) is 31.5 Å². The summed E-state index contributed by atoms with van der Waals surface area (Å²) >= 11 is 0. The van der Waals surface area contributed by atoms with Gasteiger partial charge in [0.15, 0.2) is 0 Å². The standard InChI is InChI=1S/C21H15N3O4/c25-18-7-6-15(21(27)28)10-16(18)23-20(26)14-8-9-24-12-17(22-19(24)11-14)13-4-2-1-3-5-13/h1-12,25H,(H,23,26)(H,27,28). The predicted molar refractivity (Wildman–Crippen MR) is 104 cm³/mol. The largest absolute Gasteiger partial charge is 0.506 e. The van der Waals surface area contributed by atoms with Gasteiger partial charge in [-0.25, -0.2) is 9.78 Å². The molecule has 0 saturated carbocycles. The van der Waals surface area contributed by atoms with Crippen molar-refractivity contribution in [3.8, 4) is 17.0 Å². The van der Waals surface area contributed by atoms with Crippen molar-refractivity contribution in [1.29, 1.82) is 0 Å². The third-order valence-electron chi connectivity index (χ3n) is 4.28.